The molecule has 1 N–H and O–H groups in total. The summed E-state index contributed by atoms with van der Waals surface area (Å²) in [4.78, 5) is 0. The zero-order valence-electron chi connectivity index (χ0n) is 6.14. The van der Waals surface area contributed by atoms with Gasteiger partial charge in [0.05, 0.1) is 0 Å². The van der Waals surface area contributed by atoms with E-state index in [1.165, 1.54) is 32.4 Å². The highest BCUT2D eigenvalue weighted by Gasteiger charge is 2.41. The molecular formula is C7H14N2S. The molecular weight excluding hydrogens is 144 g/mol. The number of rotatable bonds is 0. The van der Waals surface area contributed by atoms with Crippen LogP contribution in [0.4, 0.5) is 0 Å². The number of nitrogens with zero attached hydrogens (tertiary/aromatic N) is 1. The molecule has 0 aromatic rings. The second-order valence-electron chi connectivity index (χ2n) is 3.38. The number of nitrogens with one attached hydrogen (secondary N) is 1. The topological polar surface area (TPSA) is 15.3 Å². The van der Waals surface area contributed by atoms with Gasteiger partial charge in [-0.05, 0) is 25.8 Å². The maximum Gasteiger partial charge on any atom is 0.0447 e. The molecule has 2 heterocycles. The smallest absolute Gasteiger partial charge is 0.0447 e. The molecule has 2 nitrogen and oxygen atoms in total. The minimum atomic E-state index is 0.434. The maximum absolute atomic E-state index is 4.47. The molecule has 2 saturated heterocycles. The van der Waals surface area contributed by atoms with Crippen LogP contribution in [-0.4, -0.2) is 29.5 Å². The first-order valence-electron chi connectivity index (χ1n) is 4.01. The molecule has 0 bridgehead atoms. The SMILES string of the molecule is SN1CCCC12CCNC2. The molecule has 0 aromatic heterocycles. The van der Waals surface area contributed by atoms with Gasteiger partial charge in [-0.2, -0.15) is 0 Å². The van der Waals surface area contributed by atoms with Gasteiger partial charge in [0, 0.05) is 18.6 Å². The molecule has 58 valence electrons. The van der Waals surface area contributed by atoms with Crippen LogP contribution in [0, 0.1) is 0 Å². The van der Waals surface area contributed by atoms with E-state index in [0.717, 1.165) is 6.54 Å². The van der Waals surface area contributed by atoms with E-state index in [1.807, 2.05) is 0 Å². The van der Waals surface area contributed by atoms with Crippen molar-refractivity contribution < 1.29 is 0 Å². The van der Waals surface area contributed by atoms with Crippen LogP contribution in [-0.2, 0) is 0 Å². The molecule has 3 heteroatoms. The standard InChI is InChI=1S/C7H14N2S/c10-9-5-1-2-7(9)3-4-8-6-7/h8,10H,1-6H2. The molecule has 10 heavy (non-hydrogen) atoms. The fourth-order valence-corrected chi connectivity index (χ4v) is 2.50. The number of hydrogen-bond donors (Lipinski definition) is 2. The molecule has 0 radical (unpaired) electrons. The molecule has 1 atom stereocenters. The number of thiol groups is 1. The fraction of sp³-hybridized carbons (Fsp3) is 1.00. The van der Waals surface area contributed by atoms with Gasteiger partial charge in [-0.1, -0.05) is 12.8 Å². The summed E-state index contributed by atoms with van der Waals surface area (Å²) in [7, 11) is 0. The molecule has 2 aliphatic rings. The minimum absolute atomic E-state index is 0.434. The second-order valence-corrected chi connectivity index (χ2v) is 3.86. The highest BCUT2D eigenvalue weighted by Crippen LogP contribution is 2.35. The van der Waals surface area contributed by atoms with Crippen molar-refractivity contribution in [3.05, 3.63) is 0 Å². The summed E-state index contributed by atoms with van der Waals surface area (Å²) in [6, 6.07) is 0. The van der Waals surface area contributed by atoms with Gasteiger partial charge in [0.25, 0.3) is 0 Å². The van der Waals surface area contributed by atoms with E-state index in [0.29, 0.717) is 5.54 Å². The van der Waals surface area contributed by atoms with Crippen molar-refractivity contribution in [1.29, 1.82) is 0 Å². The van der Waals surface area contributed by atoms with Crippen LogP contribution in [0.2, 0.25) is 0 Å². The molecule has 1 spiro atoms. The predicted octanol–water partition coefficient (Wildman–Crippen LogP) is 0.659. The molecule has 2 fully saturated rings. The molecule has 0 aromatic carbocycles. The molecule has 0 amide bonds. The Morgan fingerprint density at radius 2 is 2.30 bits per heavy atom. The van der Waals surface area contributed by atoms with Crippen LogP contribution < -0.4 is 5.32 Å². The average molecular weight is 158 g/mol. The van der Waals surface area contributed by atoms with Crippen LogP contribution in [0.3, 0.4) is 0 Å². The van der Waals surface area contributed by atoms with Crippen molar-refractivity contribution in [1.82, 2.24) is 9.62 Å². The largest absolute Gasteiger partial charge is 0.315 e. The molecule has 1 unspecified atom stereocenters. The van der Waals surface area contributed by atoms with Crippen molar-refractivity contribution >= 4 is 12.8 Å². The monoisotopic (exact) mass is 158 g/mol. The van der Waals surface area contributed by atoms with Gasteiger partial charge in [0.1, 0.15) is 0 Å². The lowest BCUT2D eigenvalue weighted by atomic mass is 9.97. The molecule has 2 rings (SSSR count). The Hall–Kier alpha value is 0.270. The predicted molar refractivity (Wildman–Crippen MR) is 45.1 cm³/mol. The summed E-state index contributed by atoms with van der Waals surface area (Å²) in [5, 5.41) is 3.39. The van der Waals surface area contributed by atoms with Crippen molar-refractivity contribution in [2.24, 2.45) is 0 Å². The third-order valence-corrected chi connectivity index (χ3v) is 3.41. The minimum Gasteiger partial charge on any atom is -0.315 e. The highest BCUT2D eigenvalue weighted by molar-refractivity contribution is 7.77. The Morgan fingerprint density at radius 1 is 1.40 bits per heavy atom. The quantitative estimate of drug-likeness (QED) is 0.503. The van der Waals surface area contributed by atoms with Crippen molar-refractivity contribution in [2.75, 3.05) is 19.6 Å². The van der Waals surface area contributed by atoms with E-state index >= 15 is 0 Å². The number of hydrogen-bond acceptors (Lipinski definition) is 3. The van der Waals surface area contributed by atoms with E-state index < -0.39 is 0 Å². The summed E-state index contributed by atoms with van der Waals surface area (Å²) in [5.41, 5.74) is 0.434. The molecule has 2 aliphatic heterocycles. The fourth-order valence-electron chi connectivity index (χ4n) is 2.09. The zero-order chi connectivity index (χ0) is 7.03. The molecule has 0 saturated carbocycles. The van der Waals surface area contributed by atoms with Crippen molar-refractivity contribution in [3.8, 4) is 0 Å². The van der Waals surface area contributed by atoms with Gasteiger partial charge in [0.2, 0.25) is 0 Å². The van der Waals surface area contributed by atoms with E-state index in [9.17, 15) is 0 Å². The Balaban J connectivity index is 2.11. The van der Waals surface area contributed by atoms with Crippen molar-refractivity contribution in [3.63, 3.8) is 0 Å². The van der Waals surface area contributed by atoms with Crippen molar-refractivity contribution in [2.45, 2.75) is 24.8 Å². The third kappa shape index (κ3) is 0.881. The summed E-state index contributed by atoms with van der Waals surface area (Å²) < 4.78 is 2.23. The highest BCUT2D eigenvalue weighted by atomic mass is 32.1. The zero-order valence-corrected chi connectivity index (χ0v) is 7.03. The van der Waals surface area contributed by atoms with E-state index in [2.05, 4.69) is 22.4 Å². The van der Waals surface area contributed by atoms with E-state index in [-0.39, 0.29) is 0 Å². The van der Waals surface area contributed by atoms with Gasteiger partial charge in [-0.3, -0.25) is 0 Å². The Labute approximate surface area is 67.5 Å². The summed E-state index contributed by atoms with van der Waals surface area (Å²) in [6.45, 7) is 3.50. The van der Waals surface area contributed by atoms with Crippen LogP contribution in [0.1, 0.15) is 19.3 Å². The third-order valence-electron chi connectivity index (χ3n) is 2.78. The maximum atomic E-state index is 4.47. The summed E-state index contributed by atoms with van der Waals surface area (Å²) in [6.07, 6.45) is 3.95. The Bertz CT molecular complexity index is 126. The van der Waals surface area contributed by atoms with E-state index in [1.54, 1.807) is 0 Å². The van der Waals surface area contributed by atoms with Gasteiger partial charge in [0.15, 0.2) is 0 Å². The van der Waals surface area contributed by atoms with Gasteiger partial charge in [-0.15, -0.1) is 0 Å². The average Bonchev–Trinajstić information content (AvgIpc) is 2.48. The first-order chi connectivity index (χ1) is 4.83. The van der Waals surface area contributed by atoms with Crippen LogP contribution in [0.5, 0.6) is 0 Å². The first-order valence-corrected chi connectivity index (χ1v) is 4.41. The normalized spacial score (nSPS) is 41.7. The summed E-state index contributed by atoms with van der Waals surface area (Å²) in [5.74, 6) is 0. The van der Waals surface area contributed by atoms with Gasteiger partial charge in [-0.25, -0.2) is 4.31 Å². The Kier molecular flexibility index (Phi) is 1.66. The molecule has 0 aliphatic carbocycles. The van der Waals surface area contributed by atoms with Crippen LogP contribution in [0.15, 0.2) is 0 Å². The second kappa shape index (κ2) is 2.40. The lowest BCUT2D eigenvalue weighted by Gasteiger charge is -2.29. The lowest BCUT2D eigenvalue weighted by molar-refractivity contribution is 0.291. The first kappa shape index (κ1) is 6.95. The van der Waals surface area contributed by atoms with Crippen LogP contribution in [0.25, 0.3) is 0 Å². The van der Waals surface area contributed by atoms with E-state index in [4.69, 9.17) is 0 Å². The van der Waals surface area contributed by atoms with Crippen LogP contribution >= 0.6 is 12.8 Å². The summed E-state index contributed by atoms with van der Waals surface area (Å²) >= 11 is 4.47. The lowest BCUT2D eigenvalue weighted by Crippen LogP contribution is -2.39. The Morgan fingerprint density at radius 3 is 2.80 bits per heavy atom. The van der Waals surface area contributed by atoms with Gasteiger partial charge < -0.3 is 5.32 Å². The van der Waals surface area contributed by atoms with Gasteiger partial charge >= 0.3 is 0 Å².